The molecule has 0 aliphatic rings. The lowest BCUT2D eigenvalue weighted by Crippen LogP contribution is -2.13. The van der Waals surface area contributed by atoms with E-state index in [2.05, 4.69) is 19.8 Å². The second kappa shape index (κ2) is 7.13. The molecule has 0 fully saturated rings. The summed E-state index contributed by atoms with van der Waals surface area (Å²) < 4.78 is 67.2. The van der Waals surface area contributed by atoms with E-state index in [1.807, 2.05) is 6.07 Å². The van der Waals surface area contributed by atoms with Crippen LogP contribution in [0.25, 0.3) is 16.7 Å². The van der Waals surface area contributed by atoms with Gasteiger partial charge in [-0.05, 0) is 30.7 Å². The third-order valence-electron chi connectivity index (χ3n) is 4.59. The maximum atomic E-state index is 12.8. The van der Waals surface area contributed by atoms with Crippen LogP contribution < -0.4 is 4.72 Å². The second-order valence-corrected chi connectivity index (χ2v) is 8.31. The molecular weight excluding hydrogens is 433 g/mol. The van der Waals surface area contributed by atoms with E-state index in [0.29, 0.717) is 22.7 Å². The number of aromatic amines is 1. The number of sulfonamides is 1. The molecule has 0 amide bonds. The molecule has 0 radical (unpaired) electrons. The number of nitrogens with one attached hydrogen (secondary N) is 2. The molecule has 3 heterocycles. The van der Waals surface area contributed by atoms with Gasteiger partial charge in [0.25, 0.3) is 10.0 Å². The van der Waals surface area contributed by atoms with Gasteiger partial charge in [0, 0.05) is 17.8 Å². The predicted octanol–water partition coefficient (Wildman–Crippen LogP) is 3.75. The summed E-state index contributed by atoms with van der Waals surface area (Å²) in [6, 6.07) is 7.22. The molecule has 8 nitrogen and oxygen atoms in total. The molecule has 0 atom stereocenters. The first-order valence-electron chi connectivity index (χ1n) is 8.72. The number of hydrogen-bond acceptors (Lipinski definition) is 5. The van der Waals surface area contributed by atoms with Gasteiger partial charge < -0.3 is 4.98 Å². The zero-order chi connectivity index (χ0) is 22.4. The molecule has 0 bridgehead atoms. The number of alkyl halides is 3. The summed E-state index contributed by atoms with van der Waals surface area (Å²) >= 11 is 0. The van der Waals surface area contributed by atoms with Gasteiger partial charge in [-0.1, -0.05) is 6.07 Å². The van der Waals surface area contributed by atoms with Crippen LogP contribution in [0.4, 0.5) is 18.9 Å². The normalized spacial score (nSPS) is 12.1. The number of nitrogens with zero attached hydrogens (tertiary/aromatic N) is 4. The van der Waals surface area contributed by atoms with Crippen LogP contribution in [-0.2, 0) is 16.2 Å². The zero-order valence-corrected chi connectivity index (χ0v) is 16.6. The number of fused-ring (bicyclic) bond motifs is 1. The maximum absolute atomic E-state index is 12.8. The minimum absolute atomic E-state index is 0.0233. The number of nitriles is 1. The summed E-state index contributed by atoms with van der Waals surface area (Å²) in [5.74, 6) is 0.0233. The molecule has 0 spiro atoms. The number of rotatable bonds is 4. The summed E-state index contributed by atoms with van der Waals surface area (Å²) in [6.45, 7) is 1.80. The highest BCUT2D eigenvalue weighted by Crippen LogP contribution is 2.30. The van der Waals surface area contributed by atoms with Crippen molar-refractivity contribution in [2.75, 3.05) is 4.72 Å². The zero-order valence-electron chi connectivity index (χ0n) is 15.8. The van der Waals surface area contributed by atoms with E-state index in [-0.39, 0.29) is 16.4 Å². The Kier molecular flexibility index (Phi) is 4.70. The SMILES string of the molecule is Cc1ccc(NS(=O)(=O)c2cnn(-c3ccc(C(F)(F)F)cn3)c2)c2[nH]cc(C#N)c12. The average molecular weight is 446 g/mol. The number of pyridine rings is 1. The summed E-state index contributed by atoms with van der Waals surface area (Å²) in [5, 5.41) is 13.7. The third kappa shape index (κ3) is 3.71. The fourth-order valence-corrected chi connectivity index (χ4v) is 4.06. The number of aryl methyl sites for hydroxylation is 1. The van der Waals surface area contributed by atoms with Crippen molar-refractivity contribution in [3.63, 3.8) is 0 Å². The number of benzene rings is 1. The largest absolute Gasteiger partial charge is 0.417 e. The molecule has 2 N–H and O–H groups in total. The van der Waals surface area contributed by atoms with Crippen molar-refractivity contribution >= 4 is 26.6 Å². The Morgan fingerprint density at radius 1 is 1.19 bits per heavy atom. The number of anilines is 1. The minimum atomic E-state index is -4.53. The number of halogens is 3. The highest BCUT2D eigenvalue weighted by Gasteiger charge is 2.30. The fourth-order valence-electron chi connectivity index (χ4n) is 3.06. The Hall–Kier alpha value is -3.85. The van der Waals surface area contributed by atoms with E-state index < -0.39 is 21.8 Å². The quantitative estimate of drug-likeness (QED) is 0.495. The van der Waals surface area contributed by atoms with Crippen LogP contribution in [0.3, 0.4) is 0 Å². The van der Waals surface area contributed by atoms with Crippen LogP contribution in [0.1, 0.15) is 16.7 Å². The summed E-state index contributed by atoms with van der Waals surface area (Å²) in [5.41, 5.74) is 0.954. The lowest BCUT2D eigenvalue weighted by Gasteiger charge is -2.09. The van der Waals surface area contributed by atoms with Crippen molar-refractivity contribution in [1.82, 2.24) is 19.7 Å². The topological polar surface area (TPSA) is 116 Å². The first-order chi connectivity index (χ1) is 14.6. The monoisotopic (exact) mass is 446 g/mol. The summed E-state index contributed by atoms with van der Waals surface area (Å²) in [4.78, 5) is 6.37. The fraction of sp³-hybridized carbons (Fsp3) is 0.105. The van der Waals surface area contributed by atoms with E-state index in [1.165, 1.54) is 6.20 Å². The first-order valence-corrected chi connectivity index (χ1v) is 10.2. The van der Waals surface area contributed by atoms with E-state index in [1.54, 1.807) is 19.1 Å². The lowest BCUT2D eigenvalue weighted by molar-refractivity contribution is -0.137. The van der Waals surface area contributed by atoms with Crippen molar-refractivity contribution in [2.45, 2.75) is 18.0 Å². The molecule has 0 saturated heterocycles. The highest BCUT2D eigenvalue weighted by molar-refractivity contribution is 7.92. The predicted molar refractivity (Wildman–Crippen MR) is 105 cm³/mol. The Bertz CT molecular complexity index is 1430. The Morgan fingerprint density at radius 3 is 2.61 bits per heavy atom. The van der Waals surface area contributed by atoms with Gasteiger partial charge in [-0.25, -0.2) is 18.1 Å². The van der Waals surface area contributed by atoms with Gasteiger partial charge in [0.1, 0.15) is 11.0 Å². The van der Waals surface area contributed by atoms with Crippen LogP contribution in [0.5, 0.6) is 0 Å². The van der Waals surface area contributed by atoms with Gasteiger partial charge in [-0.2, -0.15) is 23.5 Å². The molecule has 12 heteroatoms. The van der Waals surface area contributed by atoms with E-state index in [9.17, 15) is 26.9 Å². The molecule has 1 aromatic carbocycles. The van der Waals surface area contributed by atoms with Gasteiger partial charge in [0.2, 0.25) is 0 Å². The highest BCUT2D eigenvalue weighted by atomic mass is 32.2. The third-order valence-corrected chi connectivity index (χ3v) is 5.91. The number of aromatic nitrogens is 4. The van der Waals surface area contributed by atoms with Crippen LogP contribution in [0.15, 0.2) is 53.9 Å². The second-order valence-electron chi connectivity index (χ2n) is 6.62. The molecule has 158 valence electrons. The van der Waals surface area contributed by atoms with Crippen molar-refractivity contribution < 1.29 is 21.6 Å². The number of H-pyrrole nitrogens is 1. The first kappa shape index (κ1) is 20.4. The van der Waals surface area contributed by atoms with Crippen molar-refractivity contribution in [3.8, 4) is 11.9 Å². The molecule has 0 aliphatic carbocycles. The van der Waals surface area contributed by atoms with E-state index in [4.69, 9.17) is 0 Å². The van der Waals surface area contributed by atoms with Gasteiger partial charge in [-0.3, -0.25) is 4.72 Å². The maximum Gasteiger partial charge on any atom is 0.417 e. The Balaban J connectivity index is 1.65. The van der Waals surface area contributed by atoms with Crippen LogP contribution in [0.2, 0.25) is 0 Å². The summed E-state index contributed by atoms with van der Waals surface area (Å²) in [7, 11) is -4.08. The molecular formula is C19H13F3N6O2S. The standard InChI is InChI=1S/C19H13F3N6O2S/c1-11-2-4-15(18-17(11)12(6-23)7-25-18)27-31(29,30)14-9-26-28(10-14)16-5-3-13(8-24-16)19(20,21)22/h2-5,7-10,25,27H,1H3. The summed E-state index contributed by atoms with van der Waals surface area (Å²) in [6.07, 6.45) is -0.202. The van der Waals surface area contributed by atoms with E-state index in [0.717, 1.165) is 34.8 Å². The molecule has 4 rings (SSSR count). The van der Waals surface area contributed by atoms with Gasteiger partial charge in [-0.15, -0.1) is 0 Å². The number of hydrogen-bond donors (Lipinski definition) is 2. The Morgan fingerprint density at radius 2 is 1.97 bits per heavy atom. The van der Waals surface area contributed by atoms with Gasteiger partial charge in [0.15, 0.2) is 5.82 Å². The molecule has 4 aromatic rings. The van der Waals surface area contributed by atoms with Crippen molar-refractivity contribution in [2.24, 2.45) is 0 Å². The Labute approximate surface area is 174 Å². The molecule has 3 aromatic heterocycles. The van der Waals surface area contributed by atoms with Gasteiger partial charge >= 0.3 is 6.18 Å². The minimum Gasteiger partial charge on any atom is -0.358 e. The van der Waals surface area contributed by atoms with Crippen LogP contribution in [-0.4, -0.2) is 28.2 Å². The molecule has 0 saturated carbocycles. The van der Waals surface area contributed by atoms with Crippen molar-refractivity contribution in [3.05, 3.63) is 65.7 Å². The van der Waals surface area contributed by atoms with Crippen molar-refractivity contribution in [1.29, 1.82) is 5.26 Å². The van der Waals surface area contributed by atoms with E-state index >= 15 is 0 Å². The van der Waals surface area contributed by atoms with Crippen LogP contribution >= 0.6 is 0 Å². The average Bonchev–Trinajstić information content (AvgIpc) is 3.38. The van der Waals surface area contributed by atoms with Gasteiger partial charge in [0.05, 0.1) is 34.7 Å². The van der Waals surface area contributed by atoms with Crippen LogP contribution in [0, 0.1) is 18.3 Å². The smallest absolute Gasteiger partial charge is 0.358 e. The molecule has 31 heavy (non-hydrogen) atoms. The molecule has 0 unspecified atom stereocenters. The lowest BCUT2D eigenvalue weighted by atomic mass is 10.1. The molecule has 0 aliphatic heterocycles.